The van der Waals surface area contributed by atoms with Gasteiger partial charge >= 0.3 is 0 Å². The zero-order valence-electron chi connectivity index (χ0n) is 10.4. The molecule has 0 atom stereocenters. The van der Waals surface area contributed by atoms with Crippen LogP contribution in [0.5, 0.6) is 0 Å². The number of nitrogens with zero attached hydrogens (tertiary/aromatic N) is 1. The molecular weight excluding hydrogens is 218 g/mol. The van der Waals surface area contributed by atoms with Crippen molar-refractivity contribution in [3.05, 3.63) is 66.2 Å². The van der Waals surface area contributed by atoms with Crippen LogP contribution in [0.1, 0.15) is 12.5 Å². The Kier molecular flexibility index (Phi) is 2.81. The molecule has 3 rings (SSSR count). The third kappa shape index (κ3) is 1.88. The quantitative estimate of drug-likeness (QED) is 0.636. The van der Waals surface area contributed by atoms with Gasteiger partial charge in [0.25, 0.3) is 0 Å². The highest BCUT2D eigenvalue weighted by Gasteiger charge is 2.03. The number of rotatable bonds is 2. The van der Waals surface area contributed by atoms with Crippen LogP contribution in [-0.4, -0.2) is 4.98 Å². The van der Waals surface area contributed by atoms with Gasteiger partial charge in [0.05, 0.1) is 11.2 Å². The number of benzene rings is 2. The molecule has 0 radical (unpaired) electrons. The molecule has 1 aromatic heterocycles. The lowest BCUT2D eigenvalue weighted by Gasteiger charge is -2.06. The average molecular weight is 233 g/mol. The summed E-state index contributed by atoms with van der Waals surface area (Å²) < 4.78 is 0. The first-order valence-electron chi connectivity index (χ1n) is 6.32. The summed E-state index contributed by atoms with van der Waals surface area (Å²) in [6.07, 6.45) is 1.05. The van der Waals surface area contributed by atoms with Crippen LogP contribution in [0.4, 0.5) is 0 Å². The van der Waals surface area contributed by atoms with E-state index in [0.717, 1.165) is 17.6 Å². The lowest BCUT2D eigenvalue weighted by molar-refractivity contribution is 1.16. The summed E-state index contributed by atoms with van der Waals surface area (Å²) in [4.78, 5) is 4.75. The molecule has 0 aliphatic rings. The number of pyridine rings is 1. The van der Waals surface area contributed by atoms with Crippen molar-refractivity contribution in [2.75, 3.05) is 0 Å². The molecule has 0 bridgehead atoms. The fraction of sp³-hybridized carbons (Fsp3) is 0.118. The van der Waals surface area contributed by atoms with E-state index in [0.29, 0.717) is 0 Å². The van der Waals surface area contributed by atoms with E-state index < -0.39 is 0 Å². The number of fused-ring (bicyclic) bond motifs is 1. The van der Waals surface area contributed by atoms with Gasteiger partial charge in [0.2, 0.25) is 0 Å². The standard InChI is InChI=1S/C17H15N/c1-2-13-9-6-10-17-15(13)11-12-16(18-17)14-7-4-3-5-8-14/h3-12H,2H2,1H3. The van der Waals surface area contributed by atoms with Crippen molar-refractivity contribution < 1.29 is 0 Å². The van der Waals surface area contributed by atoms with Crippen molar-refractivity contribution >= 4 is 10.9 Å². The zero-order chi connectivity index (χ0) is 12.4. The van der Waals surface area contributed by atoms with Crippen LogP contribution in [0, 0.1) is 0 Å². The number of hydrogen-bond donors (Lipinski definition) is 0. The summed E-state index contributed by atoms with van der Waals surface area (Å²) in [6, 6.07) is 20.9. The largest absolute Gasteiger partial charge is 0.248 e. The number of aryl methyl sites for hydroxylation is 1. The van der Waals surface area contributed by atoms with E-state index in [1.807, 2.05) is 18.2 Å². The first-order valence-corrected chi connectivity index (χ1v) is 6.32. The minimum atomic E-state index is 1.04. The van der Waals surface area contributed by atoms with Crippen LogP contribution in [0.15, 0.2) is 60.7 Å². The molecule has 1 heteroatoms. The van der Waals surface area contributed by atoms with Gasteiger partial charge in [-0.1, -0.05) is 55.5 Å². The lowest BCUT2D eigenvalue weighted by atomic mass is 10.0. The maximum Gasteiger partial charge on any atom is 0.0712 e. The van der Waals surface area contributed by atoms with Gasteiger partial charge in [0.15, 0.2) is 0 Å². The molecule has 0 aliphatic carbocycles. The lowest BCUT2D eigenvalue weighted by Crippen LogP contribution is -1.88. The third-order valence-electron chi connectivity index (χ3n) is 3.27. The van der Waals surface area contributed by atoms with Gasteiger partial charge in [-0.05, 0) is 24.1 Å². The molecule has 2 aromatic carbocycles. The molecule has 1 nitrogen and oxygen atoms in total. The van der Waals surface area contributed by atoms with Crippen LogP contribution in [-0.2, 0) is 6.42 Å². The average Bonchev–Trinajstić information content (AvgIpc) is 2.47. The molecule has 0 unspecified atom stereocenters. The van der Waals surface area contributed by atoms with Crippen molar-refractivity contribution in [2.24, 2.45) is 0 Å². The van der Waals surface area contributed by atoms with Gasteiger partial charge < -0.3 is 0 Å². The normalized spacial score (nSPS) is 10.7. The third-order valence-corrected chi connectivity index (χ3v) is 3.27. The molecule has 0 N–H and O–H groups in total. The highest BCUT2D eigenvalue weighted by Crippen LogP contribution is 2.23. The van der Waals surface area contributed by atoms with E-state index in [2.05, 4.69) is 49.4 Å². The summed E-state index contributed by atoms with van der Waals surface area (Å²) >= 11 is 0. The van der Waals surface area contributed by atoms with Crippen LogP contribution in [0.3, 0.4) is 0 Å². The summed E-state index contributed by atoms with van der Waals surface area (Å²) in [6.45, 7) is 2.18. The van der Waals surface area contributed by atoms with Gasteiger partial charge in [-0.25, -0.2) is 4.98 Å². The minimum Gasteiger partial charge on any atom is -0.248 e. The van der Waals surface area contributed by atoms with E-state index in [4.69, 9.17) is 4.98 Å². The molecule has 0 fully saturated rings. The van der Waals surface area contributed by atoms with Crippen molar-refractivity contribution in [1.82, 2.24) is 4.98 Å². The van der Waals surface area contributed by atoms with Gasteiger partial charge in [-0.15, -0.1) is 0 Å². The smallest absolute Gasteiger partial charge is 0.0712 e. The molecule has 0 saturated heterocycles. The second-order valence-corrected chi connectivity index (χ2v) is 4.40. The van der Waals surface area contributed by atoms with E-state index >= 15 is 0 Å². The first kappa shape index (κ1) is 11.0. The molecule has 3 aromatic rings. The van der Waals surface area contributed by atoms with Crippen molar-refractivity contribution in [2.45, 2.75) is 13.3 Å². The Morgan fingerprint density at radius 3 is 2.44 bits per heavy atom. The summed E-state index contributed by atoms with van der Waals surface area (Å²) in [5, 5.41) is 1.26. The van der Waals surface area contributed by atoms with E-state index in [9.17, 15) is 0 Å². The van der Waals surface area contributed by atoms with Crippen LogP contribution in [0.2, 0.25) is 0 Å². The molecule has 18 heavy (non-hydrogen) atoms. The highest BCUT2D eigenvalue weighted by molar-refractivity contribution is 5.84. The summed E-state index contributed by atoms with van der Waals surface area (Å²) in [5.41, 5.74) is 4.65. The van der Waals surface area contributed by atoms with Gasteiger partial charge in [-0.2, -0.15) is 0 Å². The van der Waals surface area contributed by atoms with Crippen LogP contribution in [0.25, 0.3) is 22.2 Å². The van der Waals surface area contributed by atoms with Gasteiger partial charge in [0, 0.05) is 10.9 Å². The van der Waals surface area contributed by atoms with Crippen LogP contribution < -0.4 is 0 Å². The van der Waals surface area contributed by atoms with Crippen molar-refractivity contribution in [3.8, 4) is 11.3 Å². The minimum absolute atomic E-state index is 1.04. The van der Waals surface area contributed by atoms with Crippen molar-refractivity contribution in [1.29, 1.82) is 0 Å². The monoisotopic (exact) mass is 233 g/mol. The second-order valence-electron chi connectivity index (χ2n) is 4.40. The number of hydrogen-bond acceptors (Lipinski definition) is 1. The fourth-order valence-electron chi connectivity index (χ4n) is 2.30. The van der Waals surface area contributed by atoms with Crippen LogP contribution >= 0.6 is 0 Å². The fourth-order valence-corrected chi connectivity index (χ4v) is 2.30. The Morgan fingerprint density at radius 1 is 0.833 bits per heavy atom. The van der Waals surface area contributed by atoms with Crippen molar-refractivity contribution in [3.63, 3.8) is 0 Å². The van der Waals surface area contributed by atoms with E-state index in [1.54, 1.807) is 0 Å². The summed E-state index contributed by atoms with van der Waals surface area (Å²) in [7, 11) is 0. The van der Waals surface area contributed by atoms with E-state index in [-0.39, 0.29) is 0 Å². The first-order chi connectivity index (χ1) is 8.88. The second kappa shape index (κ2) is 4.61. The summed E-state index contributed by atoms with van der Waals surface area (Å²) in [5.74, 6) is 0. The molecule has 1 heterocycles. The topological polar surface area (TPSA) is 12.9 Å². The Bertz CT molecular complexity index is 672. The van der Waals surface area contributed by atoms with Gasteiger partial charge in [-0.3, -0.25) is 0 Å². The van der Waals surface area contributed by atoms with E-state index in [1.165, 1.54) is 16.5 Å². The number of aromatic nitrogens is 1. The maximum absolute atomic E-state index is 4.75. The highest BCUT2D eigenvalue weighted by atomic mass is 14.7. The molecule has 0 spiro atoms. The molecule has 0 aliphatic heterocycles. The molecular formula is C17H15N. The Hall–Kier alpha value is -2.15. The molecule has 0 saturated carbocycles. The predicted molar refractivity (Wildman–Crippen MR) is 76.6 cm³/mol. The Labute approximate surface area is 107 Å². The molecule has 0 amide bonds. The predicted octanol–water partition coefficient (Wildman–Crippen LogP) is 4.46. The SMILES string of the molecule is CCc1cccc2nc(-c3ccccc3)ccc12. The Morgan fingerprint density at radius 2 is 1.67 bits per heavy atom. The van der Waals surface area contributed by atoms with Gasteiger partial charge in [0.1, 0.15) is 0 Å². The molecule has 88 valence electrons. The zero-order valence-corrected chi connectivity index (χ0v) is 10.4. The maximum atomic E-state index is 4.75. The Balaban J connectivity index is 2.18.